The molecule has 1 amide bonds. The molecule has 19 heavy (non-hydrogen) atoms. The van der Waals surface area contributed by atoms with Crippen LogP contribution in [0.5, 0.6) is 0 Å². The van der Waals surface area contributed by atoms with Crippen LogP contribution in [0.2, 0.25) is 0 Å². The molecule has 0 saturated carbocycles. The lowest BCUT2D eigenvalue weighted by molar-refractivity contribution is -0.131. The molecule has 3 heterocycles. The van der Waals surface area contributed by atoms with Crippen LogP contribution in [0.15, 0.2) is 35.3 Å². The molecule has 1 unspecified atom stereocenters. The molecule has 94 valence electrons. The molecule has 1 aromatic heterocycles. The maximum Gasteiger partial charge on any atom is 0.233 e. The van der Waals surface area contributed by atoms with E-state index in [1.807, 2.05) is 31.2 Å². The smallest absolute Gasteiger partial charge is 0.233 e. The summed E-state index contributed by atoms with van der Waals surface area (Å²) < 4.78 is 0. The predicted octanol–water partition coefficient (Wildman–Crippen LogP) is 1.97. The van der Waals surface area contributed by atoms with E-state index in [0.29, 0.717) is 13.1 Å². The number of pyridine rings is 1. The first-order chi connectivity index (χ1) is 9.24. The SMILES string of the molecule is CC1CN=C2c3nc4ccccc4cc3CN2C1=O. The Morgan fingerprint density at radius 1 is 1.32 bits per heavy atom. The fourth-order valence-corrected chi connectivity index (χ4v) is 2.76. The number of aliphatic imine (C=N–C) groups is 1. The van der Waals surface area contributed by atoms with Crippen molar-refractivity contribution in [2.75, 3.05) is 6.54 Å². The van der Waals surface area contributed by atoms with E-state index >= 15 is 0 Å². The summed E-state index contributed by atoms with van der Waals surface area (Å²) in [5.41, 5.74) is 2.93. The molecule has 4 rings (SSSR count). The first-order valence-corrected chi connectivity index (χ1v) is 6.49. The van der Waals surface area contributed by atoms with Crippen LogP contribution in [0.1, 0.15) is 18.2 Å². The highest BCUT2D eigenvalue weighted by atomic mass is 16.2. The number of fused-ring (bicyclic) bond motifs is 4. The minimum absolute atomic E-state index is 0.0209. The lowest BCUT2D eigenvalue weighted by atomic mass is 10.1. The average molecular weight is 251 g/mol. The van der Waals surface area contributed by atoms with E-state index < -0.39 is 0 Å². The predicted molar refractivity (Wildman–Crippen MR) is 72.9 cm³/mol. The Labute approximate surface area is 110 Å². The second kappa shape index (κ2) is 3.63. The molecule has 0 fully saturated rings. The Morgan fingerprint density at radius 2 is 2.16 bits per heavy atom. The van der Waals surface area contributed by atoms with Gasteiger partial charge >= 0.3 is 0 Å². The summed E-state index contributed by atoms with van der Waals surface area (Å²) in [6.07, 6.45) is 0. The van der Waals surface area contributed by atoms with Gasteiger partial charge in [-0.3, -0.25) is 14.7 Å². The molecule has 0 radical (unpaired) electrons. The molecule has 2 aliphatic rings. The number of para-hydroxylation sites is 1. The number of benzene rings is 1. The van der Waals surface area contributed by atoms with Gasteiger partial charge in [-0.15, -0.1) is 0 Å². The third kappa shape index (κ3) is 1.43. The van der Waals surface area contributed by atoms with Crippen LogP contribution >= 0.6 is 0 Å². The first-order valence-electron chi connectivity index (χ1n) is 6.49. The fraction of sp³-hybridized carbons (Fsp3) is 0.267. The number of aromatic nitrogens is 1. The Balaban J connectivity index is 1.93. The van der Waals surface area contributed by atoms with Gasteiger partial charge in [0.2, 0.25) is 5.91 Å². The molecule has 4 heteroatoms. The lowest BCUT2D eigenvalue weighted by Gasteiger charge is -2.24. The van der Waals surface area contributed by atoms with Crippen LogP contribution in [0, 0.1) is 5.92 Å². The number of nitrogens with zero attached hydrogens (tertiary/aromatic N) is 3. The van der Waals surface area contributed by atoms with Crippen molar-refractivity contribution in [1.29, 1.82) is 0 Å². The molecule has 0 spiro atoms. The molecule has 0 bridgehead atoms. The molecular formula is C15H13N3O. The second-order valence-electron chi connectivity index (χ2n) is 5.18. The van der Waals surface area contributed by atoms with Crippen LogP contribution in [-0.4, -0.2) is 28.2 Å². The average Bonchev–Trinajstić information content (AvgIpc) is 2.79. The van der Waals surface area contributed by atoms with Gasteiger partial charge in [0, 0.05) is 10.9 Å². The minimum atomic E-state index is -0.0209. The summed E-state index contributed by atoms with van der Waals surface area (Å²) >= 11 is 0. The van der Waals surface area contributed by atoms with E-state index in [1.165, 1.54) is 0 Å². The molecule has 0 aliphatic carbocycles. The quantitative estimate of drug-likeness (QED) is 0.718. The van der Waals surface area contributed by atoms with E-state index in [-0.39, 0.29) is 11.8 Å². The zero-order valence-corrected chi connectivity index (χ0v) is 10.6. The van der Waals surface area contributed by atoms with Crippen LogP contribution < -0.4 is 0 Å². The zero-order chi connectivity index (χ0) is 13.0. The summed E-state index contributed by atoms with van der Waals surface area (Å²) in [5, 5.41) is 1.11. The van der Waals surface area contributed by atoms with Crippen molar-refractivity contribution in [2.45, 2.75) is 13.5 Å². The Morgan fingerprint density at radius 3 is 3.05 bits per heavy atom. The van der Waals surface area contributed by atoms with Crippen molar-refractivity contribution in [3.05, 3.63) is 41.6 Å². The van der Waals surface area contributed by atoms with Crippen LogP contribution in [0.3, 0.4) is 0 Å². The third-order valence-electron chi connectivity index (χ3n) is 3.80. The third-order valence-corrected chi connectivity index (χ3v) is 3.80. The summed E-state index contributed by atoms with van der Waals surface area (Å²) in [4.78, 5) is 23.2. The van der Waals surface area contributed by atoms with E-state index in [9.17, 15) is 4.79 Å². The molecule has 4 nitrogen and oxygen atoms in total. The zero-order valence-electron chi connectivity index (χ0n) is 10.6. The first kappa shape index (κ1) is 10.7. The van der Waals surface area contributed by atoms with E-state index in [4.69, 9.17) is 0 Å². The van der Waals surface area contributed by atoms with Crippen molar-refractivity contribution in [3.8, 4) is 0 Å². The maximum absolute atomic E-state index is 12.2. The summed E-state index contributed by atoms with van der Waals surface area (Å²) in [5.74, 6) is 0.892. The molecule has 1 atom stereocenters. The van der Waals surface area contributed by atoms with Gasteiger partial charge in [-0.05, 0) is 12.1 Å². The van der Waals surface area contributed by atoms with E-state index in [0.717, 1.165) is 28.0 Å². The highest BCUT2D eigenvalue weighted by Gasteiger charge is 2.36. The number of rotatable bonds is 0. The van der Waals surface area contributed by atoms with Gasteiger partial charge in [0.1, 0.15) is 5.69 Å². The summed E-state index contributed by atoms with van der Waals surface area (Å²) in [6.45, 7) is 3.10. The Kier molecular flexibility index (Phi) is 2.04. The number of carbonyl (C=O) groups excluding carboxylic acids is 1. The number of amides is 1. The van der Waals surface area contributed by atoms with Crippen LogP contribution in [-0.2, 0) is 11.3 Å². The van der Waals surface area contributed by atoms with Crippen LogP contribution in [0.25, 0.3) is 10.9 Å². The number of hydrogen-bond donors (Lipinski definition) is 0. The van der Waals surface area contributed by atoms with Gasteiger partial charge in [-0.2, -0.15) is 0 Å². The summed E-state index contributed by atoms with van der Waals surface area (Å²) in [7, 11) is 0. The van der Waals surface area contributed by atoms with Crippen molar-refractivity contribution in [2.24, 2.45) is 10.9 Å². The van der Waals surface area contributed by atoms with Gasteiger partial charge in [0.25, 0.3) is 0 Å². The molecular weight excluding hydrogens is 238 g/mol. The molecule has 2 aliphatic heterocycles. The minimum Gasteiger partial charge on any atom is -0.290 e. The van der Waals surface area contributed by atoms with Crippen molar-refractivity contribution < 1.29 is 4.79 Å². The Bertz CT molecular complexity index is 735. The number of amidine groups is 1. The van der Waals surface area contributed by atoms with Gasteiger partial charge in [-0.25, -0.2) is 4.98 Å². The number of carbonyl (C=O) groups is 1. The van der Waals surface area contributed by atoms with E-state index in [2.05, 4.69) is 16.0 Å². The normalized spacial score (nSPS) is 21.3. The summed E-state index contributed by atoms with van der Waals surface area (Å²) in [6, 6.07) is 10.1. The molecule has 1 aromatic carbocycles. The van der Waals surface area contributed by atoms with Gasteiger partial charge in [0.05, 0.1) is 24.5 Å². The monoisotopic (exact) mass is 251 g/mol. The second-order valence-corrected chi connectivity index (χ2v) is 5.18. The number of hydrogen-bond acceptors (Lipinski definition) is 3. The standard InChI is InChI=1S/C15H13N3O/c1-9-7-16-14-13-11(8-18(14)15(9)19)6-10-4-2-3-5-12(10)17-13/h2-6,9H,7-8H2,1H3. The van der Waals surface area contributed by atoms with Gasteiger partial charge in [-0.1, -0.05) is 25.1 Å². The van der Waals surface area contributed by atoms with Gasteiger partial charge in [0.15, 0.2) is 5.84 Å². The molecule has 2 aromatic rings. The van der Waals surface area contributed by atoms with E-state index in [1.54, 1.807) is 4.90 Å². The van der Waals surface area contributed by atoms with Crippen molar-refractivity contribution in [1.82, 2.24) is 9.88 Å². The molecule has 0 saturated heterocycles. The maximum atomic E-state index is 12.2. The van der Waals surface area contributed by atoms with Crippen molar-refractivity contribution >= 4 is 22.6 Å². The largest absolute Gasteiger partial charge is 0.290 e. The van der Waals surface area contributed by atoms with Crippen LogP contribution in [0.4, 0.5) is 0 Å². The highest BCUT2D eigenvalue weighted by Crippen LogP contribution is 2.29. The lowest BCUT2D eigenvalue weighted by Crippen LogP contribution is -2.41. The Hall–Kier alpha value is -2.23. The fourth-order valence-electron chi connectivity index (χ4n) is 2.76. The van der Waals surface area contributed by atoms with Crippen molar-refractivity contribution in [3.63, 3.8) is 0 Å². The topological polar surface area (TPSA) is 45.6 Å². The highest BCUT2D eigenvalue weighted by molar-refractivity contribution is 6.12. The molecule has 0 N–H and O–H groups in total. The van der Waals surface area contributed by atoms with Gasteiger partial charge < -0.3 is 0 Å².